The van der Waals surface area contributed by atoms with E-state index in [1.54, 1.807) is 26.0 Å². The lowest BCUT2D eigenvalue weighted by Crippen LogP contribution is -2.36. The molecule has 0 unspecified atom stereocenters. The molecular formula is C18H25N7O5S. The number of nitrogens with zero attached hydrogens (tertiary/aromatic N) is 2. The molecule has 1 amide bonds. The second-order valence-corrected chi connectivity index (χ2v) is 8.26. The molecule has 0 saturated carbocycles. The van der Waals surface area contributed by atoms with Gasteiger partial charge in [0.25, 0.3) is 15.6 Å². The molecule has 0 radical (unpaired) electrons. The summed E-state index contributed by atoms with van der Waals surface area (Å²) in [6, 6.07) is 7.32. The number of guanidine groups is 1. The van der Waals surface area contributed by atoms with Gasteiger partial charge in [0.2, 0.25) is 11.9 Å². The zero-order chi connectivity index (χ0) is 23.2. The van der Waals surface area contributed by atoms with Crippen molar-refractivity contribution in [3.05, 3.63) is 51.9 Å². The van der Waals surface area contributed by atoms with Crippen molar-refractivity contribution in [1.82, 2.24) is 9.88 Å². The molecule has 2 aromatic rings. The molecule has 0 aliphatic heterocycles. The maximum atomic E-state index is 12.8. The van der Waals surface area contributed by atoms with Gasteiger partial charge < -0.3 is 31.9 Å². The van der Waals surface area contributed by atoms with E-state index in [4.69, 9.17) is 22.0 Å². The van der Waals surface area contributed by atoms with E-state index in [1.807, 2.05) is 0 Å². The highest BCUT2D eigenvalue weighted by Crippen LogP contribution is 2.20. The summed E-state index contributed by atoms with van der Waals surface area (Å²) in [4.78, 5) is 29.7. The Morgan fingerprint density at radius 1 is 1.19 bits per heavy atom. The number of oxime groups is 1. The molecule has 0 fully saturated rings. The first kappa shape index (κ1) is 23.5. The first-order valence-corrected chi connectivity index (χ1v) is 10.6. The van der Waals surface area contributed by atoms with Crippen molar-refractivity contribution in [3.63, 3.8) is 0 Å². The van der Waals surface area contributed by atoms with Gasteiger partial charge >= 0.3 is 0 Å². The number of anilines is 2. The molecule has 8 N–H and O–H groups in total. The van der Waals surface area contributed by atoms with Crippen molar-refractivity contribution in [2.75, 3.05) is 23.6 Å². The van der Waals surface area contributed by atoms with E-state index in [9.17, 15) is 18.0 Å². The molecule has 0 atom stereocenters. The van der Waals surface area contributed by atoms with E-state index in [0.717, 1.165) is 4.57 Å². The number of nitrogens with one attached hydrogen (secondary N) is 2. The highest BCUT2D eigenvalue weighted by Gasteiger charge is 2.20. The molecule has 31 heavy (non-hydrogen) atoms. The lowest BCUT2D eigenvalue weighted by atomic mass is 10.2. The summed E-state index contributed by atoms with van der Waals surface area (Å²) in [5, 5.41) is 5.85. The SMILES string of the molecule is Cc1ccc(N)cc1S(=O)(=O)Nc1ccc(C)n(CC(=O)NCCON=C(N)N)c1=O. The quantitative estimate of drug-likeness (QED) is 0.107. The van der Waals surface area contributed by atoms with E-state index in [1.165, 1.54) is 18.2 Å². The smallest absolute Gasteiger partial charge is 0.275 e. The van der Waals surface area contributed by atoms with Crippen molar-refractivity contribution < 1.29 is 18.0 Å². The van der Waals surface area contributed by atoms with Gasteiger partial charge in [0, 0.05) is 11.4 Å². The van der Waals surface area contributed by atoms with Crippen LogP contribution in [0.1, 0.15) is 11.3 Å². The van der Waals surface area contributed by atoms with Gasteiger partial charge in [-0.2, -0.15) is 0 Å². The average molecular weight is 452 g/mol. The molecule has 13 heteroatoms. The molecule has 0 saturated heterocycles. The highest BCUT2D eigenvalue weighted by molar-refractivity contribution is 7.92. The van der Waals surface area contributed by atoms with Gasteiger partial charge in [-0.3, -0.25) is 14.3 Å². The third-order valence-electron chi connectivity index (χ3n) is 4.13. The standard InChI is InChI=1S/C18H25N7O5S/c1-11-3-5-13(19)9-15(11)31(28,29)24-14-6-4-12(2)25(17(14)27)10-16(26)22-7-8-30-23-18(20)21/h3-6,9,24H,7-8,10,19H2,1-2H3,(H,22,26)(H4,20,21,23). The van der Waals surface area contributed by atoms with Crippen molar-refractivity contribution in [3.8, 4) is 0 Å². The average Bonchev–Trinajstić information content (AvgIpc) is 2.68. The number of hydrogen-bond acceptors (Lipinski definition) is 7. The Morgan fingerprint density at radius 3 is 2.58 bits per heavy atom. The number of rotatable bonds is 9. The molecule has 0 spiro atoms. The summed E-state index contributed by atoms with van der Waals surface area (Å²) < 4.78 is 28.9. The van der Waals surface area contributed by atoms with Crippen LogP contribution in [-0.4, -0.2) is 38.0 Å². The molecular weight excluding hydrogens is 426 g/mol. The van der Waals surface area contributed by atoms with Crippen LogP contribution in [-0.2, 0) is 26.2 Å². The monoisotopic (exact) mass is 451 g/mol. The summed E-state index contributed by atoms with van der Waals surface area (Å²) in [6.45, 7) is 3.04. The maximum absolute atomic E-state index is 12.8. The molecule has 1 aromatic heterocycles. The second-order valence-electron chi connectivity index (χ2n) is 6.61. The third kappa shape index (κ3) is 6.37. The van der Waals surface area contributed by atoms with Crippen LogP contribution >= 0.6 is 0 Å². The molecule has 2 rings (SSSR count). The molecule has 0 bridgehead atoms. The Labute approximate surface area is 179 Å². The minimum absolute atomic E-state index is 0.0247. The number of carbonyl (C=O) groups is 1. The summed E-state index contributed by atoms with van der Waals surface area (Å²) in [7, 11) is -4.07. The highest BCUT2D eigenvalue weighted by atomic mass is 32.2. The van der Waals surface area contributed by atoms with E-state index in [2.05, 4.69) is 15.2 Å². The molecule has 12 nitrogen and oxygen atoms in total. The normalized spacial score (nSPS) is 10.9. The minimum atomic E-state index is -4.07. The number of carbonyl (C=O) groups excluding carboxylic acids is 1. The number of sulfonamides is 1. The van der Waals surface area contributed by atoms with Crippen molar-refractivity contribution >= 4 is 33.3 Å². The second kappa shape index (κ2) is 9.84. The van der Waals surface area contributed by atoms with E-state index < -0.39 is 21.5 Å². The van der Waals surface area contributed by atoms with Gasteiger partial charge in [0.1, 0.15) is 18.8 Å². The number of aryl methyl sites for hydroxylation is 2. The summed E-state index contributed by atoms with van der Waals surface area (Å²) >= 11 is 0. The summed E-state index contributed by atoms with van der Waals surface area (Å²) in [6.07, 6.45) is 0. The van der Waals surface area contributed by atoms with Crippen LogP contribution in [0.3, 0.4) is 0 Å². The van der Waals surface area contributed by atoms with Crippen LogP contribution in [0.25, 0.3) is 0 Å². The fourth-order valence-electron chi connectivity index (χ4n) is 2.61. The lowest BCUT2D eigenvalue weighted by Gasteiger charge is -2.14. The number of aromatic nitrogens is 1. The number of amides is 1. The van der Waals surface area contributed by atoms with E-state index in [-0.39, 0.29) is 41.9 Å². The Kier molecular flexibility index (Phi) is 7.47. The summed E-state index contributed by atoms with van der Waals surface area (Å²) in [5.41, 5.74) is 16.2. The maximum Gasteiger partial charge on any atom is 0.275 e. The van der Waals surface area contributed by atoms with Gasteiger partial charge in [-0.05, 0) is 48.8 Å². The first-order chi connectivity index (χ1) is 14.5. The van der Waals surface area contributed by atoms with E-state index in [0.29, 0.717) is 11.3 Å². The minimum Gasteiger partial charge on any atom is -0.399 e. The third-order valence-corrected chi connectivity index (χ3v) is 5.63. The van der Waals surface area contributed by atoms with Crippen LogP contribution < -0.4 is 32.8 Å². The lowest BCUT2D eigenvalue weighted by molar-refractivity contribution is -0.122. The number of benzene rings is 1. The van der Waals surface area contributed by atoms with Crippen LogP contribution in [0.2, 0.25) is 0 Å². The predicted octanol–water partition coefficient (Wildman–Crippen LogP) is -0.831. The van der Waals surface area contributed by atoms with Crippen LogP contribution in [0.4, 0.5) is 11.4 Å². The Hall–Kier alpha value is -3.74. The molecule has 1 heterocycles. The number of nitrogen functional groups attached to an aromatic ring is 1. The largest absolute Gasteiger partial charge is 0.399 e. The van der Waals surface area contributed by atoms with Crippen LogP contribution in [0, 0.1) is 13.8 Å². The fraction of sp³-hybridized carbons (Fsp3) is 0.278. The number of pyridine rings is 1. The predicted molar refractivity (Wildman–Crippen MR) is 117 cm³/mol. The molecule has 1 aromatic carbocycles. The van der Waals surface area contributed by atoms with Crippen LogP contribution in [0.15, 0.2) is 45.2 Å². The van der Waals surface area contributed by atoms with Crippen molar-refractivity contribution in [1.29, 1.82) is 0 Å². The van der Waals surface area contributed by atoms with Crippen LogP contribution in [0.5, 0.6) is 0 Å². The van der Waals surface area contributed by atoms with Crippen molar-refractivity contribution in [2.24, 2.45) is 16.6 Å². The summed E-state index contributed by atoms with van der Waals surface area (Å²) in [5.74, 6) is -0.730. The van der Waals surface area contributed by atoms with Gasteiger partial charge in [-0.25, -0.2) is 8.42 Å². The topological polar surface area (TPSA) is 197 Å². The van der Waals surface area contributed by atoms with Gasteiger partial charge in [-0.1, -0.05) is 6.07 Å². The first-order valence-electron chi connectivity index (χ1n) is 9.08. The Morgan fingerprint density at radius 2 is 1.90 bits per heavy atom. The van der Waals surface area contributed by atoms with E-state index >= 15 is 0 Å². The number of hydrogen-bond donors (Lipinski definition) is 5. The van der Waals surface area contributed by atoms with Crippen molar-refractivity contribution in [2.45, 2.75) is 25.3 Å². The van der Waals surface area contributed by atoms with Gasteiger partial charge in [0.15, 0.2) is 0 Å². The zero-order valence-electron chi connectivity index (χ0n) is 17.1. The molecule has 0 aliphatic carbocycles. The zero-order valence-corrected chi connectivity index (χ0v) is 17.9. The number of nitrogens with two attached hydrogens (primary N) is 3. The molecule has 0 aliphatic rings. The molecule has 168 valence electrons. The fourth-order valence-corrected chi connectivity index (χ4v) is 3.94. The Balaban J connectivity index is 2.17. The van der Waals surface area contributed by atoms with Gasteiger partial charge in [0.05, 0.1) is 11.4 Å². The van der Waals surface area contributed by atoms with Gasteiger partial charge in [-0.15, -0.1) is 0 Å². The Bertz CT molecular complexity index is 1150.